The summed E-state index contributed by atoms with van der Waals surface area (Å²) in [7, 11) is 0. The van der Waals surface area contributed by atoms with Crippen LogP contribution >= 0.6 is 0 Å². The van der Waals surface area contributed by atoms with Crippen molar-refractivity contribution in [3.8, 4) is 0 Å². The number of unbranched alkanes of at least 4 members (excludes halogenated alkanes) is 2. The van der Waals surface area contributed by atoms with Gasteiger partial charge in [0.15, 0.2) is 0 Å². The van der Waals surface area contributed by atoms with E-state index >= 15 is 0 Å². The average Bonchev–Trinajstić information content (AvgIpc) is 2.41. The molecule has 0 atom stereocenters. The van der Waals surface area contributed by atoms with Crippen molar-refractivity contribution in [3.63, 3.8) is 0 Å². The van der Waals surface area contributed by atoms with Gasteiger partial charge in [-0.1, -0.05) is 40.5 Å². The summed E-state index contributed by atoms with van der Waals surface area (Å²) in [6, 6.07) is 0. The topological polar surface area (TPSA) is 76.0 Å². The van der Waals surface area contributed by atoms with Gasteiger partial charge in [-0.15, -0.1) is 0 Å². The Morgan fingerprint density at radius 2 is 1.16 bits per heavy atom. The van der Waals surface area contributed by atoms with E-state index in [1.165, 1.54) is 12.8 Å². The first-order chi connectivity index (χ1) is 8.95. The summed E-state index contributed by atoms with van der Waals surface area (Å²) in [5.74, 6) is 0. The third-order valence-electron chi connectivity index (χ3n) is 1.62. The summed E-state index contributed by atoms with van der Waals surface area (Å²) >= 11 is 0.750. The second-order valence-corrected chi connectivity index (χ2v) is 4.42. The van der Waals surface area contributed by atoms with Crippen LogP contribution in [0.4, 0.5) is 0 Å². The van der Waals surface area contributed by atoms with Crippen LogP contribution in [0.15, 0.2) is 0 Å². The second kappa shape index (κ2) is 26.8. The fraction of sp³-hybridized carbons (Fsp3) is 0.846. The van der Waals surface area contributed by atoms with Gasteiger partial charge in [0.05, 0.1) is 13.2 Å². The molecule has 0 amide bonds. The van der Waals surface area contributed by atoms with E-state index in [9.17, 15) is 0 Å². The zero-order valence-corrected chi connectivity index (χ0v) is 14.3. The fourth-order valence-electron chi connectivity index (χ4n) is 0.391. The quantitative estimate of drug-likeness (QED) is 0.334. The summed E-state index contributed by atoms with van der Waals surface area (Å²) in [6.07, 6.45) is 4.56. The summed E-state index contributed by atoms with van der Waals surface area (Å²) in [4.78, 5) is 7.74. The van der Waals surface area contributed by atoms with Crippen molar-refractivity contribution < 1.29 is 44.0 Å². The predicted molar refractivity (Wildman–Crippen MR) is 72.2 cm³/mol. The summed E-state index contributed by atoms with van der Waals surface area (Å²) in [6.45, 7) is 15.3. The van der Waals surface area contributed by atoms with E-state index in [1.807, 2.05) is 0 Å². The summed E-state index contributed by atoms with van der Waals surface area (Å²) in [5.41, 5.74) is -0.344. The van der Waals surface area contributed by atoms with Gasteiger partial charge in [-0.25, -0.2) is 9.78 Å². The Hall–Kier alpha value is 0.354. The van der Waals surface area contributed by atoms with Crippen molar-refractivity contribution in [2.75, 3.05) is 13.2 Å². The van der Waals surface area contributed by atoms with Crippen molar-refractivity contribution in [2.24, 2.45) is 5.41 Å². The standard InChI is InChI=1S/C5H12O4.2C4H9.O.Ti/c1-5(2,3-8-6)4-9-7;2*1-3-4-2;;/h6-7H,3-4H2,1-2H3;2*1,3-4H2,2H3;;/q;2*-1;;+2. The molecular weight excluding hydrogens is 284 g/mol. The van der Waals surface area contributed by atoms with Gasteiger partial charge in [-0.2, -0.15) is 12.8 Å². The van der Waals surface area contributed by atoms with Crippen molar-refractivity contribution >= 4 is 0 Å². The molecule has 0 saturated heterocycles. The van der Waals surface area contributed by atoms with Gasteiger partial charge in [0.25, 0.3) is 0 Å². The predicted octanol–water partition coefficient (Wildman–Crippen LogP) is 4.11. The van der Waals surface area contributed by atoms with Crippen molar-refractivity contribution in [1.29, 1.82) is 0 Å². The van der Waals surface area contributed by atoms with Gasteiger partial charge in [0, 0.05) is 5.41 Å². The van der Waals surface area contributed by atoms with Gasteiger partial charge in [0.2, 0.25) is 0 Å². The number of hydrogen-bond acceptors (Lipinski definition) is 5. The minimum atomic E-state index is -0.344. The molecular formula is C13H30O5Ti. The summed E-state index contributed by atoms with van der Waals surface area (Å²) < 4.78 is 8.25. The first-order valence-corrected chi connectivity index (χ1v) is 6.91. The molecule has 0 bridgehead atoms. The summed E-state index contributed by atoms with van der Waals surface area (Å²) in [5, 5.41) is 16.0. The van der Waals surface area contributed by atoms with Crippen LogP contribution in [0.5, 0.6) is 0 Å². The average molecular weight is 314 g/mol. The van der Waals surface area contributed by atoms with Crippen LogP contribution in [-0.4, -0.2) is 23.7 Å². The SMILES string of the molecule is CC(C)(COO)COO.[CH2-]CCC.[CH2-]CCC.[O]=[Ti+2]. The van der Waals surface area contributed by atoms with Crippen LogP contribution in [0.3, 0.4) is 0 Å². The van der Waals surface area contributed by atoms with Crippen LogP contribution in [0.2, 0.25) is 0 Å². The number of hydrogen-bond donors (Lipinski definition) is 2. The zero-order chi connectivity index (χ0) is 16.2. The van der Waals surface area contributed by atoms with E-state index in [0.717, 1.165) is 33.2 Å². The fourth-order valence-corrected chi connectivity index (χ4v) is 0.391. The monoisotopic (exact) mass is 314 g/mol. The van der Waals surface area contributed by atoms with E-state index in [2.05, 4.69) is 37.5 Å². The Balaban J connectivity index is -0.0000000944. The molecule has 19 heavy (non-hydrogen) atoms. The molecule has 0 aliphatic carbocycles. The third-order valence-corrected chi connectivity index (χ3v) is 1.62. The second-order valence-electron chi connectivity index (χ2n) is 4.42. The molecule has 0 unspecified atom stereocenters. The van der Waals surface area contributed by atoms with Gasteiger partial charge in [-0.05, 0) is 0 Å². The van der Waals surface area contributed by atoms with Crippen molar-refractivity contribution in [2.45, 2.75) is 53.4 Å². The molecule has 0 aromatic rings. The third kappa shape index (κ3) is 45.8. The normalized spacial score (nSPS) is 9.16. The molecule has 6 heteroatoms. The molecule has 0 fully saturated rings. The Morgan fingerprint density at radius 3 is 1.26 bits per heavy atom. The minimum absolute atomic E-state index is 0.146. The van der Waals surface area contributed by atoms with Gasteiger partial charge < -0.3 is 13.8 Å². The van der Waals surface area contributed by atoms with Gasteiger partial charge >= 0.3 is 23.7 Å². The molecule has 0 rings (SSSR count). The van der Waals surface area contributed by atoms with Crippen LogP contribution < -0.4 is 0 Å². The van der Waals surface area contributed by atoms with E-state index < -0.39 is 0 Å². The van der Waals surface area contributed by atoms with Crippen molar-refractivity contribution in [1.82, 2.24) is 0 Å². The molecule has 2 N–H and O–H groups in total. The maximum absolute atomic E-state index is 8.25. The van der Waals surface area contributed by atoms with Crippen molar-refractivity contribution in [3.05, 3.63) is 13.8 Å². The molecule has 0 spiro atoms. The Morgan fingerprint density at radius 1 is 0.947 bits per heavy atom. The van der Waals surface area contributed by atoms with Crippen LogP contribution in [0.25, 0.3) is 0 Å². The molecule has 116 valence electrons. The number of rotatable bonds is 6. The maximum atomic E-state index is 8.25. The van der Waals surface area contributed by atoms with Crippen LogP contribution in [0.1, 0.15) is 53.4 Å². The first kappa shape index (κ1) is 27.7. The Labute approximate surface area is 130 Å². The zero-order valence-electron chi connectivity index (χ0n) is 12.8. The molecule has 0 aromatic carbocycles. The molecule has 0 aliphatic heterocycles. The molecule has 0 heterocycles. The van der Waals surface area contributed by atoms with E-state index in [1.54, 1.807) is 13.8 Å². The molecule has 0 saturated carbocycles. The van der Waals surface area contributed by atoms with Gasteiger partial charge in [0.1, 0.15) is 0 Å². The Bertz CT molecular complexity index is 118. The van der Waals surface area contributed by atoms with E-state index in [4.69, 9.17) is 13.8 Å². The van der Waals surface area contributed by atoms with Crippen LogP contribution in [-0.2, 0) is 33.5 Å². The Kier molecular flexibility index (Phi) is 39.1. The molecule has 0 aromatic heterocycles. The van der Waals surface area contributed by atoms with Crippen LogP contribution in [0, 0.1) is 19.3 Å². The molecule has 0 radical (unpaired) electrons. The van der Waals surface area contributed by atoms with Gasteiger partial charge in [-0.3, -0.25) is 10.5 Å². The van der Waals surface area contributed by atoms with E-state index in [-0.39, 0.29) is 18.6 Å². The molecule has 5 nitrogen and oxygen atoms in total. The van der Waals surface area contributed by atoms with E-state index in [0.29, 0.717) is 0 Å². The first-order valence-electron chi connectivity index (χ1n) is 6.27. The molecule has 0 aliphatic rings.